The van der Waals surface area contributed by atoms with E-state index in [0.717, 1.165) is 6.07 Å². The fourth-order valence-corrected chi connectivity index (χ4v) is 2.41. The number of halogens is 1. The third-order valence-electron chi connectivity index (χ3n) is 3.38. The summed E-state index contributed by atoms with van der Waals surface area (Å²) < 4.78 is 14.2. The van der Waals surface area contributed by atoms with Gasteiger partial charge in [0, 0.05) is 32.6 Å². The van der Waals surface area contributed by atoms with E-state index in [2.05, 4.69) is 10.6 Å². The van der Waals surface area contributed by atoms with E-state index in [9.17, 15) is 19.3 Å². The van der Waals surface area contributed by atoms with Gasteiger partial charge >= 0.3 is 0 Å². The first kappa shape index (κ1) is 15.2. The zero-order valence-corrected chi connectivity index (χ0v) is 11.9. The van der Waals surface area contributed by atoms with Crippen molar-refractivity contribution < 1.29 is 14.1 Å². The molecule has 1 unspecified atom stereocenters. The summed E-state index contributed by atoms with van der Waals surface area (Å²) in [5.41, 5.74) is -0.178. The van der Waals surface area contributed by atoms with E-state index < -0.39 is 22.3 Å². The first-order chi connectivity index (χ1) is 9.90. The SMILES string of the molecule is CC(=O)Nc1cc(N2CCNCC2C)c(F)cc1[N+](=O)[O-]. The van der Waals surface area contributed by atoms with E-state index in [-0.39, 0.29) is 17.4 Å². The molecule has 21 heavy (non-hydrogen) atoms. The summed E-state index contributed by atoms with van der Waals surface area (Å²) >= 11 is 0. The van der Waals surface area contributed by atoms with E-state index >= 15 is 0 Å². The normalized spacial score (nSPS) is 18.4. The lowest BCUT2D eigenvalue weighted by molar-refractivity contribution is -0.384. The monoisotopic (exact) mass is 296 g/mol. The summed E-state index contributed by atoms with van der Waals surface area (Å²) in [5, 5.41) is 16.5. The second-order valence-corrected chi connectivity index (χ2v) is 5.01. The maximum atomic E-state index is 14.2. The summed E-state index contributed by atoms with van der Waals surface area (Å²) in [5.74, 6) is -1.10. The van der Waals surface area contributed by atoms with Gasteiger partial charge in [0.25, 0.3) is 5.69 Å². The molecule has 1 fully saturated rings. The number of nitrogens with one attached hydrogen (secondary N) is 2. The van der Waals surface area contributed by atoms with Crippen molar-refractivity contribution in [1.29, 1.82) is 0 Å². The fourth-order valence-electron chi connectivity index (χ4n) is 2.41. The quantitative estimate of drug-likeness (QED) is 0.652. The number of nitrogens with zero attached hydrogens (tertiary/aromatic N) is 2. The van der Waals surface area contributed by atoms with Gasteiger partial charge in [-0.05, 0) is 13.0 Å². The Morgan fingerprint density at radius 3 is 2.86 bits per heavy atom. The van der Waals surface area contributed by atoms with Crippen molar-refractivity contribution in [3.63, 3.8) is 0 Å². The van der Waals surface area contributed by atoms with Crippen molar-refractivity contribution >= 4 is 23.0 Å². The van der Waals surface area contributed by atoms with Gasteiger partial charge in [-0.3, -0.25) is 14.9 Å². The Labute approximate surface area is 121 Å². The van der Waals surface area contributed by atoms with Gasteiger partial charge in [-0.15, -0.1) is 0 Å². The highest BCUT2D eigenvalue weighted by Crippen LogP contribution is 2.33. The third kappa shape index (κ3) is 3.27. The number of hydrogen-bond acceptors (Lipinski definition) is 5. The summed E-state index contributed by atoms with van der Waals surface area (Å²) in [6.07, 6.45) is 0. The Morgan fingerprint density at radius 1 is 1.57 bits per heavy atom. The maximum Gasteiger partial charge on any atom is 0.295 e. The molecule has 0 spiro atoms. The van der Waals surface area contributed by atoms with Crippen LogP contribution in [0, 0.1) is 15.9 Å². The smallest absolute Gasteiger partial charge is 0.295 e. The van der Waals surface area contributed by atoms with Crippen LogP contribution in [0.4, 0.5) is 21.5 Å². The first-order valence-electron chi connectivity index (χ1n) is 6.63. The minimum atomic E-state index is -0.709. The molecule has 1 saturated heterocycles. The van der Waals surface area contributed by atoms with Crippen LogP contribution in [0.3, 0.4) is 0 Å². The topological polar surface area (TPSA) is 87.5 Å². The van der Waals surface area contributed by atoms with Crippen LogP contribution in [-0.4, -0.2) is 36.5 Å². The molecule has 0 bridgehead atoms. The van der Waals surface area contributed by atoms with Crippen molar-refractivity contribution in [1.82, 2.24) is 5.32 Å². The van der Waals surface area contributed by atoms with Crippen molar-refractivity contribution in [3.8, 4) is 0 Å². The minimum absolute atomic E-state index is 0.00892. The summed E-state index contributed by atoms with van der Waals surface area (Å²) in [7, 11) is 0. The lowest BCUT2D eigenvalue weighted by Crippen LogP contribution is -2.50. The molecular formula is C13H17FN4O3. The van der Waals surface area contributed by atoms with Crippen molar-refractivity contribution in [2.75, 3.05) is 29.9 Å². The van der Waals surface area contributed by atoms with Crippen LogP contribution in [0.2, 0.25) is 0 Å². The number of carbonyl (C=O) groups excluding carboxylic acids is 1. The summed E-state index contributed by atoms with van der Waals surface area (Å²) in [4.78, 5) is 23.3. The highest BCUT2D eigenvalue weighted by molar-refractivity contribution is 5.92. The Kier molecular flexibility index (Phi) is 4.37. The largest absolute Gasteiger partial charge is 0.364 e. The van der Waals surface area contributed by atoms with E-state index in [0.29, 0.717) is 19.6 Å². The van der Waals surface area contributed by atoms with Gasteiger partial charge in [-0.25, -0.2) is 4.39 Å². The number of anilines is 2. The lowest BCUT2D eigenvalue weighted by Gasteiger charge is -2.36. The second-order valence-electron chi connectivity index (χ2n) is 5.01. The van der Waals surface area contributed by atoms with Gasteiger partial charge < -0.3 is 15.5 Å². The maximum absolute atomic E-state index is 14.2. The van der Waals surface area contributed by atoms with Gasteiger partial charge in [0.15, 0.2) is 5.82 Å². The third-order valence-corrected chi connectivity index (χ3v) is 3.38. The van der Waals surface area contributed by atoms with Gasteiger partial charge in [-0.1, -0.05) is 0 Å². The van der Waals surface area contributed by atoms with Crippen LogP contribution in [0.1, 0.15) is 13.8 Å². The summed E-state index contributed by atoms with van der Waals surface area (Å²) in [6, 6.07) is 2.24. The van der Waals surface area contributed by atoms with Crippen molar-refractivity contribution in [2.45, 2.75) is 19.9 Å². The number of rotatable bonds is 3. The van der Waals surface area contributed by atoms with E-state index in [4.69, 9.17) is 0 Å². The highest BCUT2D eigenvalue weighted by Gasteiger charge is 2.25. The molecule has 1 amide bonds. The van der Waals surface area contributed by atoms with Crippen LogP contribution in [0.15, 0.2) is 12.1 Å². The average Bonchev–Trinajstić information content (AvgIpc) is 2.40. The molecule has 1 aliphatic heterocycles. The number of nitro groups is 1. The van der Waals surface area contributed by atoms with Crippen molar-refractivity contribution in [3.05, 3.63) is 28.1 Å². The molecule has 1 aromatic carbocycles. The molecule has 1 heterocycles. The van der Waals surface area contributed by atoms with E-state index in [1.165, 1.54) is 13.0 Å². The Morgan fingerprint density at radius 2 is 2.29 bits per heavy atom. The lowest BCUT2D eigenvalue weighted by atomic mass is 10.1. The molecule has 2 rings (SSSR count). The van der Waals surface area contributed by atoms with Crippen molar-refractivity contribution in [2.24, 2.45) is 0 Å². The van der Waals surface area contributed by atoms with Gasteiger partial charge in [0.2, 0.25) is 5.91 Å². The fraction of sp³-hybridized carbons (Fsp3) is 0.462. The number of hydrogen-bond donors (Lipinski definition) is 2. The van der Waals surface area contributed by atoms with Crippen LogP contribution < -0.4 is 15.5 Å². The van der Waals surface area contributed by atoms with Gasteiger partial charge in [0.1, 0.15) is 5.69 Å². The molecule has 7 nitrogen and oxygen atoms in total. The second kappa shape index (κ2) is 6.04. The zero-order valence-electron chi connectivity index (χ0n) is 11.9. The predicted molar refractivity (Wildman–Crippen MR) is 77.0 cm³/mol. The first-order valence-corrected chi connectivity index (χ1v) is 6.63. The number of nitro benzene ring substituents is 1. The molecule has 0 aromatic heterocycles. The Balaban J connectivity index is 2.46. The van der Waals surface area contributed by atoms with Crippen LogP contribution in [0.5, 0.6) is 0 Å². The standard InChI is InChI=1S/C13H17FN4O3/c1-8-7-15-3-4-17(8)12-6-11(16-9(2)19)13(18(20)21)5-10(12)14/h5-6,8,15H,3-4,7H2,1-2H3,(H,16,19). The molecule has 0 radical (unpaired) electrons. The Bertz CT molecular complexity index is 579. The average molecular weight is 296 g/mol. The van der Waals surface area contributed by atoms with E-state index in [1.807, 2.05) is 11.8 Å². The number of amides is 1. The van der Waals surface area contributed by atoms with Gasteiger partial charge in [0.05, 0.1) is 16.7 Å². The molecule has 2 N–H and O–H groups in total. The van der Waals surface area contributed by atoms with Gasteiger partial charge in [-0.2, -0.15) is 0 Å². The van der Waals surface area contributed by atoms with Crippen LogP contribution in [0.25, 0.3) is 0 Å². The van der Waals surface area contributed by atoms with Crippen LogP contribution in [-0.2, 0) is 4.79 Å². The highest BCUT2D eigenvalue weighted by atomic mass is 19.1. The number of piperazine rings is 1. The summed E-state index contributed by atoms with van der Waals surface area (Å²) in [6.45, 7) is 5.18. The van der Waals surface area contributed by atoms with Crippen LogP contribution >= 0.6 is 0 Å². The Hall–Kier alpha value is -2.22. The minimum Gasteiger partial charge on any atom is -0.364 e. The molecule has 1 aromatic rings. The van der Waals surface area contributed by atoms with E-state index in [1.54, 1.807) is 0 Å². The molecule has 0 aliphatic carbocycles. The molecular weight excluding hydrogens is 279 g/mol. The zero-order chi connectivity index (χ0) is 15.6. The predicted octanol–water partition coefficient (Wildman–Crippen LogP) is 1.49. The molecule has 0 saturated carbocycles. The molecule has 114 valence electrons. The number of benzene rings is 1. The number of carbonyl (C=O) groups is 1. The molecule has 1 aliphatic rings. The molecule has 1 atom stereocenters. The molecule has 8 heteroatoms.